The lowest BCUT2D eigenvalue weighted by Crippen LogP contribution is -2.43. The number of nitrogens with one attached hydrogen (secondary N) is 1. The third-order valence-electron chi connectivity index (χ3n) is 5.33. The Balaban J connectivity index is 1.52. The molecule has 1 aliphatic rings. The van der Waals surface area contributed by atoms with Gasteiger partial charge in [0.05, 0.1) is 5.60 Å². The highest BCUT2D eigenvalue weighted by Crippen LogP contribution is 2.36. The van der Waals surface area contributed by atoms with Crippen molar-refractivity contribution < 1.29 is 14.6 Å². The predicted octanol–water partition coefficient (Wildman–Crippen LogP) is 4.13. The Labute approximate surface area is 172 Å². The van der Waals surface area contributed by atoms with Crippen LogP contribution in [0.3, 0.4) is 0 Å². The number of ether oxygens (including phenoxy) is 2. The maximum Gasteiger partial charge on any atom is 0.165 e. The molecule has 1 heterocycles. The van der Waals surface area contributed by atoms with Crippen LogP contribution in [0.2, 0.25) is 0 Å². The van der Waals surface area contributed by atoms with Crippen molar-refractivity contribution in [1.82, 2.24) is 5.32 Å². The number of fused-ring (bicyclic) bond motifs is 1. The lowest BCUT2D eigenvalue weighted by molar-refractivity contribution is 0.0424. The van der Waals surface area contributed by atoms with Crippen LogP contribution in [0.15, 0.2) is 78.9 Å². The number of benzene rings is 3. The Kier molecular flexibility index (Phi) is 5.84. The summed E-state index contributed by atoms with van der Waals surface area (Å²) in [7, 11) is 0. The van der Waals surface area contributed by atoms with Crippen LogP contribution >= 0.6 is 0 Å². The van der Waals surface area contributed by atoms with Crippen LogP contribution in [0.1, 0.15) is 29.5 Å². The van der Waals surface area contributed by atoms with Gasteiger partial charge in [-0.05, 0) is 24.1 Å². The highest BCUT2D eigenvalue weighted by atomic mass is 16.6. The molecule has 0 radical (unpaired) electrons. The number of aliphatic hydroxyl groups is 1. The number of hydrogen-bond acceptors (Lipinski definition) is 4. The second kappa shape index (κ2) is 8.68. The van der Waals surface area contributed by atoms with Gasteiger partial charge in [0.1, 0.15) is 13.2 Å². The van der Waals surface area contributed by atoms with Gasteiger partial charge in [0.2, 0.25) is 0 Å². The predicted molar refractivity (Wildman–Crippen MR) is 114 cm³/mol. The molecule has 2 N–H and O–H groups in total. The van der Waals surface area contributed by atoms with E-state index in [0.29, 0.717) is 26.3 Å². The zero-order chi connectivity index (χ0) is 20.1. The van der Waals surface area contributed by atoms with Gasteiger partial charge in [0.15, 0.2) is 11.5 Å². The van der Waals surface area contributed by atoms with Crippen LogP contribution in [-0.4, -0.2) is 30.5 Å². The summed E-state index contributed by atoms with van der Waals surface area (Å²) in [5.74, 6) is 1.45. The average Bonchev–Trinajstić information content (AvgIpc) is 2.75. The SMILES string of the molecule is C[C@](O)(CNCc1cccc2c1OCCO2)C(c1ccccc1)c1ccccc1. The van der Waals surface area contributed by atoms with Crippen molar-refractivity contribution in [1.29, 1.82) is 0 Å². The second-order valence-corrected chi connectivity index (χ2v) is 7.66. The van der Waals surface area contributed by atoms with Crippen LogP contribution in [-0.2, 0) is 6.54 Å². The molecule has 150 valence electrons. The van der Waals surface area contributed by atoms with E-state index in [2.05, 4.69) is 29.6 Å². The third-order valence-corrected chi connectivity index (χ3v) is 5.33. The molecule has 0 fully saturated rings. The topological polar surface area (TPSA) is 50.7 Å². The summed E-state index contributed by atoms with van der Waals surface area (Å²) in [6.07, 6.45) is 0. The largest absolute Gasteiger partial charge is 0.486 e. The van der Waals surface area contributed by atoms with E-state index in [1.165, 1.54) is 0 Å². The molecule has 0 saturated carbocycles. The van der Waals surface area contributed by atoms with Gasteiger partial charge < -0.3 is 19.9 Å². The number of rotatable bonds is 7. The Morgan fingerprint density at radius 2 is 1.48 bits per heavy atom. The van der Waals surface area contributed by atoms with Crippen LogP contribution < -0.4 is 14.8 Å². The molecule has 3 aromatic rings. The van der Waals surface area contributed by atoms with E-state index < -0.39 is 5.60 Å². The minimum absolute atomic E-state index is 0.137. The van der Waals surface area contributed by atoms with Crippen molar-refractivity contribution in [2.24, 2.45) is 0 Å². The van der Waals surface area contributed by atoms with Crippen molar-refractivity contribution >= 4 is 0 Å². The van der Waals surface area contributed by atoms with E-state index in [9.17, 15) is 5.11 Å². The zero-order valence-electron chi connectivity index (χ0n) is 16.7. The normalized spacial score (nSPS) is 15.1. The van der Waals surface area contributed by atoms with Crippen molar-refractivity contribution in [2.75, 3.05) is 19.8 Å². The highest BCUT2D eigenvalue weighted by molar-refractivity contribution is 5.47. The van der Waals surface area contributed by atoms with Crippen LogP contribution in [0.25, 0.3) is 0 Å². The number of para-hydroxylation sites is 1. The van der Waals surface area contributed by atoms with Crippen molar-refractivity contribution in [2.45, 2.75) is 25.0 Å². The first-order valence-electron chi connectivity index (χ1n) is 10.1. The van der Waals surface area contributed by atoms with E-state index in [4.69, 9.17) is 9.47 Å². The molecular weight excluding hydrogens is 362 g/mol. The third kappa shape index (κ3) is 4.44. The fourth-order valence-electron chi connectivity index (χ4n) is 4.03. The van der Waals surface area contributed by atoms with Gasteiger partial charge in [-0.1, -0.05) is 72.8 Å². The maximum absolute atomic E-state index is 11.5. The summed E-state index contributed by atoms with van der Waals surface area (Å²) in [6.45, 7) is 4.07. The number of hydrogen-bond donors (Lipinski definition) is 2. The molecule has 29 heavy (non-hydrogen) atoms. The van der Waals surface area contributed by atoms with E-state index in [0.717, 1.165) is 28.2 Å². The fourth-order valence-corrected chi connectivity index (χ4v) is 4.03. The molecule has 0 amide bonds. The van der Waals surface area contributed by atoms with E-state index in [-0.39, 0.29) is 5.92 Å². The van der Waals surface area contributed by atoms with Gasteiger partial charge in [-0.2, -0.15) is 0 Å². The molecule has 0 aromatic heterocycles. The van der Waals surface area contributed by atoms with Gasteiger partial charge in [-0.3, -0.25) is 0 Å². The first kappa shape index (κ1) is 19.5. The Bertz CT molecular complexity index is 886. The molecule has 4 nitrogen and oxygen atoms in total. The molecule has 0 bridgehead atoms. The van der Waals surface area contributed by atoms with Crippen molar-refractivity contribution in [3.05, 3.63) is 95.6 Å². The van der Waals surface area contributed by atoms with E-state index in [1.807, 2.05) is 61.5 Å². The zero-order valence-corrected chi connectivity index (χ0v) is 16.7. The summed E-state index contributed by atoms with van der Waals surface area (Å²) >= 11 is 0. The van der Waals surface area contributed by atoms with E-state index in [1.54, 1.807) is 0 Å². The minimum Gasteiger partial charge on any atom is -0.486 e. The Morgan fingerprint density at radius 3 is 2.14 bits per heavy atom. The highest BCUT2D eigenvalue weighted by Gasteiger charge is 2.34. The molecule has 0 saturated heterocycles. The molecule has 3 aromatic carbocycles. The Hall–Kier alpha value is -2.82. The summed E-state index contributed by atoms with van der Waals surface area (Å²) in [5.41, 5.74) is 2.25. The standard InChI is InChI=1S/C25H27NO3/c1-25(27,18-26-17-21-13-8-14-22-24(21)29-16-15-28-22)23(19-9-4-2-5-10-19)20-11-6-3-7-12-20/h2-14,23,26-27H,15-18H2,1H3/t25-/m0/s1. The quantitative estimate of drug-likeness (QED) is 0.638. The molecule has 1 atom stereocenters. The van der Waals surface area contributed by atoms with Crippen LogP contribution in [0.5, 0.6) is 11.5 Å². The summed E-state index contributed by atoms with van der Waals surface area (Å²) in [6, 6.07) is 26.3. The Morgan fingerprint density at radius 1 is 0.862 bits per heavy atom. The molecule has 0 unspecified atom stereocenters. The molecule has 4 heteroatoms. The van der Waals surface area contributed by atoms with Gasteiger partial charge in [-0.25, -0.2) is 0 Å². The lowest BCUT2D eigenvalue weighted by atomic mass is 9.78. The van der Waals surface area contributed by atoms with Gasteiger partial charge in [0, 0.05) is 24.6 Å². The molecule has 1 aliphatic heterocycles. The monoisotopic (exact) mass is 389 g/mol. The molecular formula is C25H27NO3. The van der Waals surface area contributed by atoms with Gasteiger partial charge in [-0.15, -0.1) is 0 Å². The van der Waals surface area contributed by atoms with Crippen LogP contribution in [0.4, 0.5) is 0 Å². The fraction of sp³-hybridized carbons (Fsp3) is 0.280. The summed E-state index contributed by atoms with van der Waals surface area (Å²) in [4.78, 5) is 0. The summed E-state index contributed by atoms with van der Waals surface area (Å²) < 4.78 is 11.5. The van der Waals surface area contributed by atoms with Crippen molar-refractivity contribution in [3.8, 4) is 11.5 Å². The van der Waals surface area contributed by atoms with E-state index >= 15 is 0 Å². The smallest absolute Gasteiger partial charge is 0.165 e. The van der Waals surface area contributed by atoms with Crippen molar-refractivity contribution in [3.63, 3.8) is 0 Å². The average molecular weight is 389 g/mol. The first-order chi connectivity index (χ1) is 14.1. The molecule has 0 aliphatic carbocycles. The lowest BCUT2D eigenvalue weighted by Gasteiger charge is -2.34. The summed E-state index contributed by atoms with van der Waals surface area (Å²) in [5, 5.41) is 14.9. The second-order valence-electron chi connectivity index (χ2n) is 7.66. The molecule has 4 rings (SSSR count). The minimum atomic E-state index is -0.977. The molecule has 0 spiro atoms. The van der Waals surface area contributed by atoms with Gasteiger partial charge in [0.25, 0.3) is 0 Å². The first-order valence-corrected chi connectivity index (χ1v) is 10.1. The maximum atomic E-state index is 11.5. The van der Waals surface area contributed by atoms with Gasteiger partial charge >= 0.3 is 0 Å². The van der Waals surface area contributed by atoms with Crippen LogP contribution in [0, 0.1) is 0 Å².